The molecule has 0 aliphatic heterocycles. The van der Waals surface area contributed by atoms with E-state index < -0.39 is 18.1 Å². The van der Waals surface area contributed by atoms with Crippen LogP contribution < -0.4 is 4.90 Å². The third kappa shape index (κ3) is 3.45. The van der Waals surface area contributed by atoms with Crippen LogP contribution in [0.3, 0.4) is 0 Å². The number of aliphatic carboxylic acids is 1. The van der Waals surface area contributed by atoms with Crippen molar-refractivity contribution in [3.63, 3.8) is 0 Å². The predicted octanol–water partition coefficient (Wildman–Crippen LogP) is 4.31. The molecule has 0 bridgehead atoms. The van der Waals surface area contributed by atoms with Gasteiger partial charge in [0.2, 0.25) is 0 Å². The van der Waals surface area contributed by atoms with Crippen LogP contribution in [-0.2, 0) is 9.53 Å². The Hall–Kier alpha value is -3.67. The Balaban J connectivity index is 1.59. The molecule has 1 amide bonds. The highest BCUT2D eigenvalue weighted by Gasteiger charge is 2.32. The lowest BCUT2D eigenvalue weighted by atomic mass is 9.98. The second-order valence-electron chi connectivity index (χ2n) is 6.90. The molecule has 1 N–H and O–H groups in total. The molecule has 0 saturated carbocycles. The summed E-state index contributed by atoms with van der Waals surface area (Å²) in [5.41, 5.74) is 4.83. The van der Waals surface area contributed by atoms with E-state index in [0.29, 0.717) is 5.69 Å². The van der Waals surface area contributed by atoms with Gasteiger partial charge in [0, 0.05) is 12.1 Å². The van der Waals surface area contributed by atoms with Crippen molar-refractivity contribution in [2.24, 2.45) is 0 Å². The molecular weight excluding hydrogens is 368 g/mol. The highest BCUT2D eigenvalue weighted by atomic mass is 16.6. The quantitative estimate of drug-likeness (QED) is 0.704. The number of carboxylic acid groups (broad SMARTS) is 1. The molecule has 0 spiro atoms. The monoisotopic (exact) mass is 388 g/mol. The Labute approximate surface area is 168 Å². The van der Waals surface area contributed by atoms with E-state index in [-0.39, 0.29) is 12.5 Å². The fourth-order valence-corrected chi connectivity index (χ4v) is 3.76. The first-order chi connectivity index (χ1) is 14.1. The van der Waals surface area contributed by atoms with E-state index in [0.717, 1.165) is 27.2 Å². The lowest BCUT2D eigenvalue weighted by molar-refractivity contribution is -0.138. The van der Waals surface area contributed by atoms with E-state index in [9.17, 15) is 14.7 Å². The van der Waals surface area contributed by atoms with Crippen LogP contribution >= 0.6 is 0 Å². The summed E-state index contributed by atoms with van der Waals surface area (Å²) >= 11 is 0. The molecule has 3 aromatic rings. The van der Waals surface area contributed by atoms with Gasteiger partial charge in [-0.1, -0.05) is 48.5 Å². The number of anilines is 1. The first kappa shape index (κ1) is 18.7. The fraction of sp³-hybridized carbons (Fsp3) is 0.174. The van der Waals surface area contributed by atoms with E-state index in [2.05, 4.69) is 17.1 Å². The average molecular weight is 388 g/mol. The molecule has 1 aliphatic rings. The summed E-state index contributed by atoms with van der Waals surface area (Å²) in [5.74, 6) is -1.22. The summed E-state index contributed by atoms with van der Waals surface area (Å²) in [6, 6.07) is 18.3. The number of ether oxygens (including phenoxy) is 1. The van der Waals surface area contributed by atoms with Gasteiger partial charge in [-0.15, -0.1) is 0 Å². The minimum absolute atomic E-state index is 0.0952. The Morgan fingerprint density at radius 3 is 2.21 bits per heavy atom. The minimum atomic E-state index is -1.12. The number of amides is 1. The molecule has 1 heterocycles. The van der Waals surface area contributed by atoms with Crippen LogP contribution in [-0.4, -0.2) is 34.8 Å². The van der Waals surface area contributed by atoms with E-state index in [1.165, 1.54) is 13.1 Å². The molecular formula is C23H20N2O4. The molecule has 4 rings (SSSR count). The number of pyridine rings is 1. The van der Waals surface area contributed by atoms with Crippen molar-refractivity contribution in [1.82, 2.24) is 4.98 Å². The third-order valence-electron chi connectivity index (χ3n) is 5.20. The lowest BCUT2D eigenvalue weighted by Crippen LogP contribution is -2.44. The topological polar surface area (TPSA) is 79.7 Å². The Kier molecular flexibility index (Phi) is 4.99. The maximum absolute atomic E-state index is 12.9. The minimum Gasteiger partial charge on any atom is -0.480 e. The summed E-state index contributed by atoms with van der Waals surface area (Å²) in [7, 11) is 0. The number of nitrogens with zero attached hydrogens (tertiary/aromatic N) is 2. The first-order valence-corrected chi connectivity index (χ1v) is 9.35. The van der Waals surface area contributed by atoms with Crippen molar-refractivity contribution in [3.05, 3.63) is 84.2 Å². The molecule has 6 heteroatoms. The number of carboxylic acids is 1. The van der Waals surface area contributed by atoms with E-state index in [4.69, 9.17) is 4.74 Å². The molecule has 1 aromatic heterocycles. The van der Waals surface area contributed by atoms with Crippen molar-refractivity contribution in [1.29, 1.82) is 0 Å². The van der Waals surface area contributed by atoms with Gasteiger partial charge in [-0.3, -0.25) is 9.88 Å². The van der Waals surface area contributed by atoms with Gasteiger partial charge in [0.25, 0.3) is 0 Å². The summed E-state index contributed by atoms with van der Waals surface area (Å²) in [4.78, 5) is 29.5. The zero-order valence-electron chi connectivity index (χ0n) is 15.9. The number of fused-ring (bicyclic) bond motifs is 3. The predicted molar refractivity (Wildman–Crippen MR) is 109 cm³/mol. The number of rotatable bonds is 5. The summed E-state index contributed by atoms with van der Waals surface area (Å²) in [6.07, 6.45) is 2.29. The largest absolute Gasteiger partial charge is 0.480 e. The van der Waals surface area contributed by atoms with Gasteiger partial charge >= 0.3 is 12.1 Å². The van der Waals surface area contributed by atoms with E-state index in [1.54, 1.807) is 18.3 Å². The zero-order chi connectivity index (χ0) is 20.4. The zero-order valence-corrected chi connectivity index (χ0v) is 15.9. The number of carbonyl (C=O) groups is 2. The molecule has 29 heavy (non-hydrogen) atoms. The van der Waals surface area contributed by atoms with Gasteiger partial charge in [-0.25, -0.2) is 9.59 Å². The van der Waals surface area contributed by atoms with Crippen LogP contribution in [0.2, 0.25) is 0 Å². The second-order valence-corrected chi connectivity index (χ2v) is 6.90. The Morgan fingerprint density at radius 1 is 1.03 bits per heavy atom. The van der Waals surface area contributed by atoms with Gasteiger partial charge in [0.05, 0.1) is 11.9 Å². The maximum Gasteiger partial charge on any atom is 0.415 e. The highest BCUT2D eigenvalue weighted by Crippen LogP contribution is 2.44. The molecule has 6 nitrogen and oxygen atoms in total. The first-order valence-electron chi connectivity index (χ1n) is 9.35. The standard InChI is InChI=1S/C23H20N2O4/c1-15(22(26)27)25(16-7-6-12-24-13-16)23(28)29-14-21-19-10-4-2-8-17(19)18-9-3-5-11-20(18)21/h2-13,15,21H,14H2,1H3,(H,26,27). The summed E-state index contributed by atoms with van der Waals surface area (Å²) in [6.45, 7) is 1.56. The van der Waals surface area contributed by atoms with Crippen LogP contribution in [0.15, 0.2) is 73.1 Å². The van der Waals surface area contributed by atoms with Crippen molar-refractivity contribution in [2.45, 2.75) is 18.9 Å². The van der Waals surface area contributed by atoms with Crippen LogP contribution in [0, 0.1) is 0 Å². The third-order valence-corrected chi connectivity index (χ3v) is 5.20. The van der Waals surface area contributed by atoms with Crippen molar-refractivity contribution >= 4 is 17.7 Å². The van der Waals surface area contributed by atoms with Gasteiger partial charge in [-0.05, 0) is 41.3 Å². The molecule has 0 fully saturated rings. The van der Waals surface area contributed by atoms with Gasteiger partial charge in [-0.2, -0.15) is 0 Å². The Bertz CT molecular complexity index is 1010. The smallest absolute Gasteiger partial charge is 0.415 e. The summed E-state index contributed by atoms with van der Waals surface area (Å²) < 4.78 is 5.62. The molecule has 1 aliphatic carbocycles. The molecule has 1 atom stereocenters. The number of hydrogen-bond donors (Lipinski definition) is 1. The Morgan fingerprint density at radius 2 is 1.66 bits per heavy atom. The van der Waals surface area contributed by atoms with Crippen LogP contribution in [0.1, 0.15) is 24.0 Å². The van der Waals surface area contributed by atoms with E-state index in [1.807, 2.05) is 36.4 Å². The van der Waals surface area contributed by atoms with E-state index >= 15 is 0 Å². The molecule has 146 valence electrons. The number of aromatic nitrogens is 1. The maximum atomic E-state index is 12.9. The number of benzene rings is 2. The van der Waals surface area contributed by atoms with Gasteiger partial charge < -0.3 is 9.84 Å². The summed E-state index contributed by atoms with van der Waals surface area (Å²) in [5, 5.41) is 9.43. The fourth-order valence-electron chi connectivity index (χ4n) is 3.76. The molecule has 0 saturated heterocycles. The normalized spacial score (nSPS) is 13.3. The second kappa shape index (κ2) is 7.75. The van der Waals surface area contributed by atoms with Crippen molar-refractivity contribution in [2.75, 3.05) is 11.5 Å². The average Bonchev–Trinajstić information content (AvgIpc) is 3.07. The highest BCUT2D eigenvalue weighted by molar-refractivity contribution is 5.94. The van der Waals surface area contributed by atoms with Crippen LogP contribution in [0.4, 0.5) is 10.5 Å². The SMILES string of the molecule is CC(C(=O)O)N(C(=O)OCC1c2ccccc2-c2ccccc21)c1cccnc1. The van der Waals surface area contributed by atoms with Crippen molar-refractivity contribution in [3.8, 4) is 11.1 Å². The number of carbonyl (C=O) groups excluding carboxylic acids is 1. The molecule has 1 unspecified atom stereocenters. The van der Waals surface area contributed by atoms with Gasteiger partial charge in [0.1, 0.15) is 12.6 Å². The lowest BCUT2D eigenvalue weighted by Gasteiger charge is -2.26. The van der Waals surface area contributed by atoms with Crippen molar-refractivity contribution < 1.29 is 19.4 Å². The number of hydrogen-bond acceptors (Lipinski definition) is 4. The van der Waals surface area contributed by atoms with Crippen LogP contribution in [0.25, 0.3) is 11.1 Å². The molecule has 0 radical (unpaired) electrons. The molecule has 2 aromatic carbocycles. The van der Waals surface area contributed by atoms with Gasteiger partial charge in [0.15, 0.2) is 0 Å². The van der Waals surface area contributed by atoms with Crippen LogP contribution in [0.5, 0.6) is 0 Å².